The number of rotatable bonds is 5. The molecule has 8 nitrogen and oxygen atoms in total. The second-order valence-corrected chi connectivity index (χ2v) is 10.1. The van der Waals surface area contributed by atoms with E-state index >= 15 is 0 Å². The van der Waals surface area contributed by atoms with Gasteiger partial charge in [-0.3, -0.25) is 4.79 Å². The Bertz CT molecular complexity index is 1370. The summed E-state index contributed by atoms with van der Waals surface area (Å²) in [5.74, 6) is -0.770. The van der Waals surface area contributed by atoms with Gasteiger partial charge in [0.2, 0.25) is 0 Å². The van der Waals surface area contributed by atoms with E-state index in [2.05, 4.69) is 29.3 Å². The fraction of sp³-hybridized carbons (Fsp3) is 0.300. The van der Waals surface area contributed by atoms with Crippen molar-refractivity contribution in [1.29, 1.82) is 0 Å². The molecule has 3 aromatic rings. The van der Waals surface area contributed by atoms with Crippen molar-refractivity contribution in [1.82, 2.24) is 9.80 Å². The Balaban J connectivity index is 1.08. The first-order valence-corrected chi connectivity index (χ1v) is 12.9. The Morgan fingerprint density at radius 3 is 2.24 bits per heavy atom. The van der Waals surface area contributed by atoms with Gasteiger partial charge in [0.15, 0.2) is 6.23 Å². The summed E-state index contributed by atoms with van der Waals surface area (Å²) in [6.45, 7) is 1.16. The third kappa shape index (κ3) is 4.41. The number of aliphatic hydroxyl groups is 1. The van der Waals surface area contributed by atoms with Crippen molar-refractivity contribution in [2.45, 2.75) is 30.9 Å². The molecule has 3 aromatic carbocycles. The Morgan fingerprint density at radius 2 is 1.58 bits per heavy atom. The molecule has 194 valence electrons. The Morgan fingerprint density at radius 1 is 0.921 bits per heavy atom. The fourth-order valence-corrected chi connectivity index (χ4v) is 5.89. The number of aliphatic hydroxyl groups excluding tert-OH is 1. The van der Waals surface area contributed by atoms with Crippen LogP contribution in [0.5, 0.6) is 0 Å². The number of likely N-dealkylation sites (tertiary alicyclic amines) is 1. The van der Waals surface area contributed by atoms with E-state index in [1.807, 2.05) is 42.5 Å². The first-order valence-electron chi connectivity index (χ1n) is 12.9. The number of carboxylic acid groups (broad SMARTS) is 1. The van der Waals surface area contributed by atoms with E-state index in [9.17, 15) is 14.7 Å². The molecule has 0 spiro atoms. The van der Waals surface area contributed by atoms with E-state index < -0.39 is 12.2 Å². The number of ether oxygens (including phenoxy) is 1. The first-order chi connectivity index (χ1) is 18.5. The van der Waals surface area contributed by atoms with Gasteiger partial charge in [0.25, 0.3) is 0 Å². The van der Waals surface area contributed by atoms with E-state index in [0.29, 0.717) is 30.9 Å². The van der Waals surface area contributed by atoms with Crippen LogP contribution in [-0.2, 0) is 9.53 Å². The largest absolute Gasteiger partial charge is 0.480 e. The minimum atomic E-state index is -1.06. The summed E-state index contributed by atoms with van der Waals surface area (Å²) in [5.41, 5.74) is 7.10. The Kier molecular flexibility index (Phi) is 6.33. The molecule has 1 amide bonds. The van der Waals surface area contributed by atoms with Crippen LogP contribution >= 0.6 is 0 Å². The number of hydrogen-bond acceptors (Lipinski definition) is 6. The summed E-state index contributed by atoms with van der Waals surface area (Å²) in [5, 5.41) is 19.8. The van der Waals surface area contributed by atoms with E-state index in [1.54, 1.807) is 4.90 Å². The molecule has 0 saturated carbocycles. The lowest BCUT2D eigenvalue weighted by Crippen LogP contribution is -2.38. The normalized spacial score (nSPS) is 18.6. The molecule has 0 aromatic heterocycles. The topological polar surface area (TPSA) is 103 Å². The number of hydrogen-bond donors (Lipinski definition) is 2. The third-order valence-electron chi connectivity index (χ3n) is 7.87. The van der Waals surface area contributed by atoms with E-state index in [0.717, 1.165) is 18.4 Å². The molecular formula is C30H29N3O5. The van der Waals surface area contributed by atoms with Gasteiger partial charge in [0.1, 0.15) is 13.2 Å². The predicted molar refractivity (Wildman–Crippen MR) is 143 cm³/mol. The lowest BCUT2D eigenvalue weighted by atomic mass is 9.88. The van der Waals surface area contributed by atoms with Gasteiger partial charge in [-0.05, 0) is 58.7 Å². The average Bonchev–Trinajstić information content (AvgIpc) is 3.27. The molecule has 0 radical (unpaired) electrons. The standard InChI is InChI=1S/C30H29N3O5/c34-28(35)16-33-18-31-27-10-9-20(15-25(27)29(33)36)19-11-13-32(14-12-19)30(37)38-17-26-23-7-3-1-5-21(23)22-6-2-4-8-24(22)26/h1-10,15,18-19,26,29,36H,11-14,16-17H2,(H,34,35). The molecule has 0 bridgehead atoms. The van der Waals surface area contributed by atoms with Crippen LogP contribution in [0, 0.1) is 0 Å². The maximum atomic E-state index is 13.0. The first kappa shape index (κ1) is 24.2. The number of carbonyl (C=O) groups excluding carboxylic acids is 1. The monoisotopic (exact) mass is 511 g/mol. The van der Waals surface area contributed by atoms with Gasteiger partial charge in [-0.25, -0.2) is 9.79 Å². The number of aliphatic imine (C=N–C) groups is 1. The van der Waals surface area contributed by atoms with Gasteiger partial charge < -0.3 is 24.7 Å². The minimum absolute atomic E-state index is 0.0363. The van der Waals surface area contributed by atoms with Gasteiger partial charge in [0.05, 0.1) is 12.0 Å². The van der Waals surface area contributed by atoms with Gasteiger partial charge in [-0.1, -0.05) is 54.6 Å². The highest BCUT2D eigenvalue weighted by atomic mass is 16.6. The van der Waals surface area contributed by atoms with Crippen LogP contribution in [0.25, 0.3) is 11.1 Å². The number of carboxylic acids is 1. The summed E-state index contributed by atoms with van der Waals surface area (Å²) in [7, 11) is 0. The lowest BCUT2D eigenvalue weighted by Gasteiger charge is -2.33. The van der Waals surface area contributed by atoms with Crippen LogP contribution in [0.15, 0.2) is 71.7 Å². The second kappa shape index (κ2) is 9.95. The van der Waals surface area contributed by atoms with Crippen molar-refractivity contribution in [3.8, 4) is 11.1 Å². The molecule has 1 fully saturated rings. The zero-order valence-electron chi connectivity index (χ0n) is 20.9. The van der Waals surface area contributed by atoms with Crippen molar-refractivity contribution in [3.63, 3.8) is 0 Å². The molecular weight excluding hydrogens is 482 g/mol. The van der Waals surface area contributed by atoms with Crippen molar-refractivity contribution < 1.29 is 24.5 Å². The maximum absolute atomic E-state index is 13.0. The van der Waals surface area contributed by atoms with E-state index in [1.165, 1.54) is 33.5 Å². The minimum Gasteiger partial charge on any atom is -0.480 e. The molecule has 2 heterocycles. The number of benzene rings is 3. The summed E-state index contributed by atoms with van der Waals surface area (Å²) < 4.78 is 5.84. The lowest BCUT2D eigenvalue weighted by molar-refractivity contribution is -0.139. The molecule has 1 atom stereocenters. The quantitative estimate of drug-likeness (QED) is 0.507. The SMILES string of the molecule is O=C(O)CN1C=Nc2ccc(C3CCN(C(=O)OCC4c5ccccc5-c5ccccc54)CC3)cc2C1O. The molecule has 2 aliphatic heterocycles. The van der Waals surface area contributed by atoms with E-state index in [-0.39, 0.29) is 24.5 Å². The third-order valence-corrected chi connectivity index (χ3v) is 7.87. The number of amides is 1. The highest BCUT2D eigenvalue weighted by Gasteiger charge is 2.31. The highest BCUT2D eigenvalue weighted by molar-refractivity contribution is 5.79. The van der Waals surface area contributed by atoms with Crippen LogP contribution < -0.4 is 0 Å². The summed E-state index contributed by atoms with van der Waals surface area (Å²) in [6, 6.07) is 22.4. The molecule has 3 aliphatic rings. The van der Waals surface area contributed by atoms with Crippen LogP contribution in [0.2, 0.25) is 0 Å². The Hall–Kier alpha value is -4.17. The molecule has 1 aliphatic carbocycles. The molecule has 2 N–H and O–H groups in total. The van der Waals surface area contributed by atoms with Crippen molar-refractivity contribution in [2.24, 2.45) is 4.99 Å². The maximum Gasteiger partial charge on any atom is 0.409 e. The van der Waals surface area contributed by atoms with Crippen LogP contribution in [0.1, 0.15) is 53.2 Å². The molecule has 1 saturated heterocycles. The number of fused-ring (bicyclic) bond motifs is 4. The zero-order valence-corrected chi connectivity index (χ0v) is 20.9. The van der Waals surface area contributed by atoms with Crippen LogP contribution in [-0.4, -0.2) is 64.7 Å². The molecule has 1 unspecified atom stereocenters. The van der Waals surface area contributed by atoms with Crippen molar-refractivity contribution in [3.05, 3.63) is 89.0 Å². The molecule has 6 rings (SSSR count). The van der Waals surface area contributed by atoms with Gasteiger partial charge >= 0.3 is 12.1 Å². The van der Waals surface area contributed by atoms with Crippen molar-refractivity contribution in [2.75, 3.05) is 26.2 Å². The molecule has 38 heavy (non-hydrogen) atoms. The van der Waals surface area contributed by atoms with Gasteiger partial charge in [-0.15, -0.1) is 0 Å². The summed E-state index contributed by atoms with van der Waals surface area (Å²) in [4.78, 5) is 31.4. The molecule has 8 heteroatoms. The van der Waals surface area contributed by atoms with E-state index in [4.69, 9.17) is 9.84 Å². The second-order valence-electron chi connectivity index (χ2n) is 10.1. The fourth-order valence-electron chi connectivity index (χ4n) is 5.89. The summed E-state index contributed by atoms with van der Waals surface area (Å²) in [6.07, 6.45) is 1.58. The highest BCUT2D eigenvalue weighted by Crippen LogP contribution is 2.44. The zero-order chi connectivity index (χ0) is 26.2. The number of piperidine rings is 1. The number of carbonyl (C=O) groups is 2. The summed E-state index contributed by atoms with van der Waals surface area (Å²) >= 11 is 0. The van der Waals surface area contributed by atoms with Gasteiger partial charge in [0, 0.05) is 24.6 Å². The number of nitrogens with zero attached hydrogens (tertiary/aromatic N) is 3. The number of aliphatic carboxylic acids is 1. The van der Waals surface area contributed by atoms with Crippen LogP contribution in [0.4, 0.5) is 10.5 Å². The van der Waals surface area contributed by atoms with Crippen molar-refractivity contribution >= 4 is 24.1 Å². The smallest absolute Gasteiger partial charge is 0.409 e. The van der Waals surface area contributed by atoms with Gasteiger partial charge in [-0.2, -0.15) is 0 Å². The predicted octanol–water partition coefficient (Wildman–Crippen LogP) is 4.87. The Labute approximate surface area is 220 Å². The van der Waals surface area contributed by atoms with Crippen LogP contribution in [0.3, 0.4) is 0 Å². The average molecular weight is 512 g/mol.